The van der Waals surface area contributed by atoms with E-state index in [2.05, 4.69) is 0 Å². The van der Waals surface area contributed by atoms with E-state index < -0.39 is 11.5 Å². The molecule has 4 nitrogen and oxygen atoms in total. The summed E-state index contributed by atoms with van der Waals surface area (Å²) in [5.74, 6) is -0.174. The molecule has 0 aliphatic heterocycles. The number of aliphatic carboxylic acids is 1. The van der Waals surface area contributed by atoms with Crippen molar-refractivity contribution in [2.45, 2.75) is 32.2 Å². The second-order valence-electron chi connectivity index (χ2n) is 3.91. The van der Waals surface area contributed by atoms with Gasteiger partial charge in [-0.15, -0.1) is 0 Å². The first kappa shape index (κ1) is 14.3. The molecule has 0 bridgehead atoms. The predicted octanol–water partition coefficient (Wildman–Crippen LogP) is 1.45. The standard InChI is InChI=1S/C10H19NO3S/c1-10(2,9(13)14)11(3)8(12)6-5-7-15-4/h5-7H2,1-4H3,(H,13,14). The lowest BCUT2D eigenvalue weighted by Crippen LogP contribution is -2.50. The number of carbonyl (C=O) groups is 2. The van der Waals surface area contributed by atoms with Gasteiger partial charge in [0.15, 0.2) is 0 Å². The van der Waals surface area contributed by atoms with Crippen molar-refractivity contribution in [1.29, 1.82) is 0 Å². The van der Waals surface area contributed by atoms with Crippen LogP contribution >= 0.6 is 11.8 Å². The van der Waals surface area contributed by atoms with Crippen LogP contribution in [-0.4, -0.2) is 46.5 Å². The highest BCUT2D eigenvalue weighted by molar-refractivity contribution is 7.98. The second kappa shape index (κ2) is 6.00. The van der Waals surface area contributed by atoms with Gasteiger partial charge in [-0.25, -0.2) is 4.79 Å². The highest BCUT2D eigenvalue weighted by Crippen LogP contribution is 2.14. The van der Waals surface area contributed by atoms with Gasteiger partial charge >= 0.3 is 5.97 Å². The van der Waals surface area contributed by atoms with Gasteiger partial charge in [-0.3, -0.25) is 4.79 Å². The Morgan fingerprint density at radius 3 is 2.33 bits per heavy atom. The minimum atomic E-state index is -1.13. The normalized spacial score (nSPS) is 11.2. The van der Waals surface area contributed by atoms with Crippen molar-refractivity contribution in [2.24, 2.45) is 0 Å². The first-order chi connectivity index (χ1) is 6.84. The minimum Gasteiger partial charge on any atom is -0.480 e. The Kier molecular flexibility index (Phi) is 5.72. The van der Waals surface area contributed by atoms with Crippen LogP contribution in [0.3, 0.4) is 0 Å². The molecule has 5 heteroatoms. The van der Waals surface area contributed by atoms with Gasteiger partial charge in [-0.2, -0.15) is 11.8 Å². The quantitative estimate of drug-likeness (QED) is 0.705. The Morgan fingerprint density at radius 1 is 1.40 bits per heavy atom. The largest absolute Gasteiger partial charge is 0.480 e. The zero-order valence-corrected chi connectivity index (χ0v) is 10.6. The number of thioether (sulfide) groups is 1. The third kappa shape index (κ3) is 4.11. The summed E-state index contributed by atoms with van der Waals surface area (Å²) >= 11 is 1.68. The highest BCUT2D eigenvalue weighted by atomic mass is 32.2. The number of rotatable bonds is 6. The maximum atomic E-state index is 11.6. The van der Waals surface area contributed by atoms with Crippen LogP contribution in [0.2, 0.25) is 0 Å². The fraction of sp³-hybridized carbons (Fsp3) is 0.800. The number of carbonyl (C=O) groups excluding carboxylic acids is 1. The van der Waals surface area contributed by atoms with Gasteiger partial charge in [0.05, 0.1) is 0 Å². The first-order valence-corrected chi connectivity index (χ1v) is 6.22. The van der Waals surface area contributed by atoms with E-state index >= 15 is 0 Å². The van der Waals surface area contributed by atoms with E-state index in [1.54, 1.807) is 11.8 Å². The van der Waals surface area contributed by atoms with Gasteiger partial charge in [0.1, 0.15) is 5.54 Å². The molecule has 15 heavy (non-hydrogen) atoms. The molecule has 0 aromatic rings. The van der Waals surface area contributed by atoms with Crippen LogP contribution in [0, 0.1) is 0 Å². The molecule has 0 aromatic heterocycles. The molecule has 0 unspecified atom stereocenters. The summed E-state index contributed by atoms with van der Waals surface area (Å²) in [5.41, 5.74) is -1.13. The van der Waals surface area contributed by atoms with Crippen LogP contribution < -0.4 is 0 Å². The molecule has 0 atom stereocenters. The summed E-state index contributed by atoms with van der Waals surface area (Å²) < 4.78 is 0. The van der Waals surface area contributed by atoms with Gasteiger partial charge in [0.25, 0.3) is 0 Å². The predicted molar refractivity (Wildman–Crippen MR) is 62.1 cm³/mol. The third-order valence-electron chi connectivity index (χ3n) is 2.48. The Bertz CT molecular complexity index is 241. The SMILES string of the molecule is CSCCCC(=O)N(C)C(C)(C)C(=O)O. The summed E-state index contributed by atoms with van der Waals surface area (Å²) in [6, 6.07) is 0. The van der Waals surface area contributed by atoms with E-state index in [4.69, 9.17) is 5.11 Å². The molecule has 0 heterocycles. The van der Waals surface area contributed by atoms with Gasteiger partial charge in [-0.05, 0) is 32.3 Å². The van der Waals surface area contributed by atoms with Crippen LogP contribution in [0.1, 0.15) is 26.7 Å². The molecule has 0 saturated heterocycles. The van der Waals surface area contributed by atoms with E-state index in [0.717, 1.165) is 12.2 Å². The zero-order chi connectivity index (χ0) is 12.1. The lowest BCUT2D eigenvalue weighted by Gasteiger charge is -2.31. The van der Waals surface area contributed by atoms with Gasteiger partial charge in [-0.1, -0.05) is 0 Å². The van der Waals surface area contributed by atoms with Crippen molar-refractivity contribution < 1.29 is 14.7 Å². The number of amides is 1. The van der Waals surface area contributed by atoms with E-state index in [1.165, 1.54) is 25.8 Å². The lowest BCUT2D eigenvalue weighted by atomic mass is 10.0. The van der Waals surface area contributed by atoms with Crippen molar-refractivity contribution in [3.8, 4) is 0 Å². The van der Waals surface area contributed by atoms with Gasteiger partial charge in [0.2, 0.25) is 5.91 Å². The smallest absolute Gasteiger partial charge is 0.329 e. The van der Waals surface area contributed by atoms with Crippen molar-refractivity contribution in [2.75, 3.05) is 19.1 Å². The summed E-state index contributed by atoms with van der Waals surface area (Å²) in [6.45, 7) is 3.06. The molecule has 0 aliphatic rings. The van der Waals surface area contributed by atoms with Crippen molar-refractivity contribution >= 4 is 23.6 Å². The third-order valence-corrected chi connectivity index (χ3v) is 3.17. The monoisotopic (exact) mass is 233 g/mol. The maximum absolute atomic E-state index is 11.6. The molecule has 0 fully saturated rings. The Balaban J connectivity index is 4.25. The van der Waals surface area contributed by atoms with E-state index in [0.29, 0.717) is 6.42 Å². The highest BCUT2D eigenvalue weighted by Gasteiger charge is 2.34. The van der Waals surface area contributed by atoms with E-state index in [-0.39, 0.29) is 5.91 Å². The van der Waals surface area contributed by atoms with E-state index in [9.17, 15) is 9.59 Å². The molecule has 1 amide bonds. The average Bonchev–Trinajstić information content (AvgIpc) is 2.16. The molecular weight excluding hydrogens is 214 g/mol. The Labute approximate surface area is 95.0 Å². The fourth-order valence-electron chi connectivity index (χ4n) is 0.991. The summed E-state index contributed by atoms with van der Waals surface area (Å²) in [6.07, 6.45) is 3.18. The maximum Gasteiger partial charge on any atom is 0.329 e. The Morgan fingerprint density at radius 2 is 1.93 bits per heavy atom. The molecule has 0 rings (SSSR count). The first-order valence-electron chi connectivity index (χ1n) is 4.83. The fourth-order valence-corrected chi connectivity index (χ4v) is 1.42. The lowest BCUT2D eigenvalue weighted by molar-refractivity contribution is -0.155. The number of hydrogen-bond donors (Lipinski definition) is 1. The molecule has 0 radical (unpaired) electrons. The summed E-state index contributed by atoms with van der Waals surface area (Å²) in [4.78, 5) is 23.8. The van der Waals surface area contributed by atoms with Crippen LogP contribution in [0.4, 0.5) is 0 Å². The molecular formula is C10H19NO3S. The zero-order valence-electron chi connectivity index (χ0n) is 9.74. The minimum absolute atomic E-state index is 0.114. The number of carboxylic acids is 1. The number of likely N-dealkylation sites (N-methyl/N-ethyl adjacent to an activating group) is 1. The summed E-state index contributed by atoms with van der Waals surface area (Å²) in [5, 5.41) is 8.93. The van der Waals surface area contributed by atoms with Crippen LogP contribution in [0.25, 0.3) is 0 Å². The van der Waals surface area contributed by atoms with Gasteiger partial charge < -0.3 is 10.0 Å². The van der Waals surface area contributed by atoms with Crippen molar-refractivity contribution in [3.05, 3.63) is 0 Å². The van der Waals surface area contributed by atoms with Gasteiger partial charge in [0, 0.05) is 13.5 Å². The average molecular weight is 233 g/mol. The molecule has 1 N–H and O–H groups in total. The summed E-state index contributed by atoms with van der Waals surface area (Å²) in [7, 11) is 1.54. The number of hydrogen-bond acceptors (Lipinski definition) is 3. The van der Waals surface area contributed by atoms with Crippen LogP contribution in [-0.2, 0) is 9.59 Å². The second-order valence-corrected chi connectivity index (χ2v) is 4.90. The number of carboxylic acid groups (broad SMARTS) is 1. The van der Waals surface area contributed by atoms with Crippen LogP contribution in [0.15, 0.2) is 0 Å². The van der Waals surface area contributed by atoms with Crippen molar-refractivity contribution in [3.63, 3.8) is 0 Å². The molecule has 0 aliphatic carbocycles. The molecule has 0 saturated carbocycles. The molecule has 88 valence electrons. The number of nitrogens with zero attached hydrogens (tertiary/aromatic N) is 1. The van der Waals surface area contributed by atoms with E-state index in [1.807, 2.05) is 6.26 Å². The molecule has 0 aromatic carbocycles. The molecule has 0 spiro atoms. The van der Waals surface area contributed by atoms with Crippen molar-refractivity contribution in [1.82, 2.24) is 4.90 Å². The van der Waals surface area contributed by atoms with Crippen LogP contribution in [0.5, 0.6) is 0 Å². The topological polar surface area (TPSA) is 57.6 Å². The Hall–Kier alpha value is -0.710.